The number of hydrogen-bond donors (Lipinski definition) is 2. The Labute approximate surface area is 112 Å². The first-order valence-electron chi connectivity index (χ1n) is 6.66. The number of benzene rings is 1. The molecule has 2 aliphatic heterocycles. The van der Waals surface area contributed by atoms with Gasteiger partial charge in [-0.2, -0.15) is 0 Å². The van der Waals surface area contributed by atoms with E-state index in [-0.39, 0.29) is 12.7 Å². The van der Waals surface area contributed by atoms with E-state index in [0.717, 1.165) is 36.4 Å². The molecule has 1 aromatic carbocycles. The van der Waals surface area contributed by atoms with Crippen molar-refractivity contribution < 1.29 is 14.3 Å². The van der Waals surface area contributed by atoms with E-state index in [4.69, 9.17) is 9.47 Å². The predicted octanol–water partition coefficient (Wildman–Crippen LogP) is 1.80. The molecule has 0 bridgehead atoms. The summed E-state index contributed by atoms with van der Waals surface area (Å²) >= 11 is 0. The van der Waals surface area contributed by atoms with Crippen LogP contribution >= 0.6 is 0 Å². The van der Waals surface area contributed by atoms with Gasteiger partial charge in [0.15, 0.2) is 11.5 Å². The average molecular weight is 262 g/mol. The van der Waals surface area contributed by atoms with Crippen molar-refractivity contribution in [1.29, 1.82) is 0 Å². The van der Waals surface area contributed by atoms with E-state index in [2.05, 4.69) is 10.6 Å². The molecule has 2 heterocycles. The first-order valence-corrected chi connectivity index (χ1v) is 6.66. The van der Waals surface area contributed by atoms with E-state index in [1.165, 1.54) is 0 Å². The van der Waals surface area contributed by atoms with Crippen molar-refractivity contribution >= 4 is 11.6 Å². The maximum atomic E-state index is 12.0. The molecule has 5 heteroatoms. The average Bonchev–Trinajstić information content (AvgIpc) is 3.00. The number of nitrogens with one attached hydrogen (secondary N) is 2. The fourth-order valence-corrected chi connectivity index (χ4v) is 2.53. The summed E-state index contributed by atoms with van der Waals surface area (Å²) in [5.41, 5.74) is 1.78. The SMILES string of the molecule is Cc1cc2c(cc1NC(=O)CC1CCCN1)OCO2. The van der Waals surface area contributed by atoms with Gasteiger partial charge < -0.3 is 20.1 Å². The number of aryl methyl sites for hydroxylation is 1. The summed E-state index contributed by atoms with van der Waals surface area (Å²) in [5.74, 6) is 1.48. The van der Waals surface area contributed by atoms with Gasteiger partial charge in [0, 0.05) is 24.2 Å². The van der Waals surface area contributed by atoms with Crippen molar-refractivity contribution in [2.45, 2.75) is 32.2 Å². The summed E-state index contributed by atoms with van der Waals surface area (Å²) in [6, 6.07) is 4.04. The van der Waals surface area contributed by atoms with Gasteiger partial charge in [-0.05, 0) is 37.9 Å². The van der Waals surface area contributed by atoms with Crippen LogP contribution in [0.1, 0.15) is 24.8 Å². The summed E-state index contributed by atoms with van der Waals surface area (Å²) in [7, 11) is 0. The molecular weight excluding hydrogens is 244 g/mol. The molecule has 1 aromatic rings. The number of ether oxygens (including phenoxy) is 2. The van der Waals surface area contributed by atoms with Gasteiger partial charge in [0.1, 0.15) is 0 Å². The molecule has 0 spiro atoms. The summed E-state index contributed by atoms with van der Waals surface area (Å²) < 4.78 is 10.6. The fraction of sp³-hybridized carbons (Fsp3) is 0.500. The van der Waals surface area contributed by atoms with Gasteiger partial charge in [0.25, 0.3) is 0 Å². The van der Waals surface area contributed by atoms with Crippen molar-refractivity contribution in [3.63, 3.8) is 0 Å². The number of hydrogen-bond acceptors (Lipinski definition) is 4. The molecule has 0 saturated carbocycles. The van der Waals surface area contributed by atoms with Crippen LogP contribution in [0.2, 0.25) is 0 Å². The normalized spacial score (nSPS) is 20.6. The second-order valence-electron chi connectivity index (χ2n) is 5.07. The van der Waals surface area contributed by atoms with Crippen LogP contribution in [-0.4, -0.2) is 25.3 Å². The summed E-state index contributed by atoms with van der Waals surface area (Å²) in [6.07, 6.45) is 2.75. The Bertz CT molecular complexity index is 496. The topological polar surface area (TPSA) is 59.6 Å². The Morgan fingerprint density at radius 2 is 2.21 bits per heavy atom. The van der Waals surface area contributed by atoms with Gasteiger partial charge in [-0.3, -0.25) is 4.79 Å². The lowest BCUT2D eigenvalue weighted by molar-refractivity contribution is -0.116. The summed E-state index contributed by atoms with van der Waals surface area (Å²) in [4.78, 5) is 12.0. The molecule has 0 aliphatic carbocycles. The molecule has 3 rings (SSSR count). The van der Waals surface area contributed by atoms with Crippen LogP contribution in [0.25, 0.3) is 0 Å². The zero-order chi connectivity index (χ0) is 13.2. The van der Waals surface area contributed by atoms with Gasteiger partial charge in [0.2, 0.25) is 12.7 Å². The Kier molecular flexibility index (Phi) is 3.29. The molecule has 1 fully saturated rings. The number of carbonyl (C=O) groups excluding carboxylic acids is 1. The van der Waals surface area contributed by atoms with Crippen molar-refractivity contribution in [2.75, 3.05) is 18.7 Å². The Balaban J connectivity index is 1.67. The summed E-state index contributed by atoms with van der Waals surface area (Å²) in [5, 5.41) is 6.28. The van der Waals surface area contributed by atoms with Crippen molar-refractivity contribution in [1.82, 2.24) is 5.32 Å². The molecule has 0 aromatic heterocycles. The molecule has 1 atom stereocenters. The lowest BCUT2D eigenvalue weighted by atomic mass is 10.1. The predicted molar refractivity (Wildman–Crippen MR) is 71.6 cm³/mol. The molecular formula is C14H18N2O3. The molecule has 5 nitrogen and oxygen atoms in total. The van der Waals surface area contributed by atoms with Gasteiger partial charge in [0.05, 0.1) is 0 Å². The Hall–Kier alpha value is -1.75. The minimum Gasteiger partial charge on any atom is -0.454 e. The van der Waals surface area contributed by atoms with Crippen LogP contribution in [0.3, 0.4) is 0 Å². The second-order valence-corrected chi connectivity index (χ2v) is 5.07. The molecule has 19 heavy (non-hydrogen) atoms. The zero-order valence-electron chi connectivity index (χ0n) is 11.0. The molecule has 102 valence electrons. The standard InChI is InChI=1S/C14H18N2O3/c1-9-5-12-13(19-8-18-12)7-11(9)16-14(17)6-10-3-2-4-15-10/h5,7,10,15H,2-4,6,8H2,1H3,(H,16,17). The molecule has 1 saturated heterocycles. The lowest BCUT2D eigenvalue weighted by Gasteiger charge is -2.12. The highest BCUT2D eigenvalue weighted by Crippen LogP contribution is 2.36. The van der Waals surface area contributed by atoms with Crippen LogP contribution in [0.15, 0.2) is 12.1 Å². The first kappa shape index (κ1) is 12.3. The van der Waals surface area contributed by atoms with Crippen molar-refractivity contribution in [2.24, 2.45) is 0 Å². The third kappa shape index (κ3) is 2.66. The van der Waals surface area contributed by atoms with Gasteiger partial charge >= 0.3 is 0 Å². The fourth-order valence-electron chi connectivity index (χ4n) is 2.53. The van der Waals surface area contributed by atoms with Crippen molar-refractivity contribution in [3.8, 4) is 11.5 Å². The highest BCUT2D eigenvalue weighted by molar-refractivity contribution is 5.92. The van der Waals surface area contributed by atoms with E-state index < -0.39 is 0 Å². The molecule has 0 radical (unpaired) electrons. The minimum atomic E-state index is 0.0429. The number of rotatable bonds is 3. The molecule has 2 aliphatic rings. The lowest BCUT2D eigenvalue weighted by Crippen LogP contribution is -2.27. The first-order chi connectivity index (χ1) is 9.22. The maximum Gasteiger partial charge on any atom is 0.231 e. The van der Waals surface area contributed by atoms with Gasteiger partial charge in [-0.25, -0.2) is 0 Å². The van der Waals surface area contributed by atoms with Crippen LogP contribution in [0.5, 0.6) is 11.5 Å². The Morgan fingerprint density at radius 3 is 2.95 bits per heavy atom. The van der Waals surface area contributed by atoms with E-state index in [0.29, 0.717) is 18.2 Å². The van der Waals surface area contributed by atoms with Crippen LogP contribution < -0.4 is 20.1 Å². The van der Waals surface area contributed by atoms with E-state index in [9.17, 15) is 4.79 Å². The van der Waals surface area contributed by atoms with E-state index in [1.807, 2.05) is 19.1 Å². The summed E-state index contributed by atoms with van der Waals surface area (Å²) in [6.45, 7) is 3.21. The van der Waals surface area contributed by atoms with Gasteiger partial charge in [-0.1, -0.05) is 0 Å². The zero-order valence-corrected chi connectivity index (χ0v) is 11.0. The second kappa shape index (κ2) is 5.09. The quantitative estimate of drug-likeness (QED) is 0.872. The smallest absolute Gasteiger partial charge is 0.231 e. The minimum absolute atomic E-state index is 0.0429. The van der Waals surface area contributed by atoms with Gasteiger partial charge in [-0.15, -0.1) is 0 Å². The number of amides is 1. The highest BCUT2D eigenvalue weighted by Gasteiger charge is 2.20. The van der Waals surface area contributed by atoms with E-state index in [1.54, 1.807) is 0 Å². The van der Waals surface area contributed by atoms with Crippen molar-refractivity contribution in [3.05, 3.63) is 17.7 Å². The largest absolute Gasteiger partial charge is 0.454 e. The third-order valence-electron chi connectivity index (χ3n) is 3.59. The third-order valence-corrected chi connectivity index (χ3v) is 3.59. The Morgan fingerprint density at radius 1 is 1.42 bits per heavy atom. The van der Waals surface area contributed by atoms with Crippen LogP contribution in [0.4, 0.5) is 5.69 Å². The van der Waals surface area contributed by atoms with Crippen LogP contribution in [0, 0.1) is 6.92 Å². The van der Waals surface area contributed by atoms with Crippen LogP contribution in [-0.2, 0) is 4.79 Å². The molecule has 2 N–H and O–H groups in total. The number of fused-ring (bicyclic) bond motifs is 1. The molecule has 1 amide bonds. The number of carbonyl (C=O) groups is 1. The number of anilines is 1. The van der Waals surface area contributed by atoms with E-state index >= 15 is 0 Å². The maximum absolute atomic E-state index is 12.0. The molecule has 1 unspecified atom stereocenters. The monoisotopic (exact) mass is 262 g/mol. The highest BCUT2D eigenvalue weighted by atomic mass is 16.7.